The van der Waals surface area contributed by atoms with Crippen LogP contribution in [0.3, 0.4) is 0 Å². The van der Waals surface area contributed by atoms with Crippen molar-refractivity contribution in [2.24, 2.45) is 5.73 Å². The summed E-state index contributed by atoms with van der Waals surface area (Å²) in [6, 6.07) is -0.898. The van der Waals surface area contributed by atoms with Crippen LogP contribution in [0.15, 0.2) is 0 Å². The predicted molar refractivity (Wildman–Crippen MR) is 36.5 cm³/mol. The van der Waals surface area contributed by atoms with Crippen LogP contribution in [0.25, 0.3) is 0 Å². The maximum Gasteiger partial charge on any atom is 0.421 e. The maximum atomic E-state index is 10.5. The fourth-order valence-corrected chi connectivity index (χ4v) is 0.213. The zero-order valence-electron chi connectivity index (χ0n) is 6.70. The van der Waals surface area contributed by atoms with Crippen LogP contribution in [0.4, 0.5) is 0 Å². The van der Waals surface area contributed by atoms with Crippen molar-refractivity contribution in [2.45, 2.75) is 19.9 Å². The summed E-state index contributed by atoms with van der Waals surface area (Å²) >= 11 is 0. The van der Waals surface area contributed by atoms with Crippen molar-refractivity contribution in [3.05, 3.63) is 0 Å². The Labute approximate surface area is 68.5 Å². The Morgan fingerprint density at radius 3 is 2.08 bits per heavy atom. The SMILES string of the molecule is CC(=O)C(=O)OOC(=O)[C@H](C)N. The molecule has 0 aromatic rings. The molecule has 0 unspecified atom stereocenters. The number of hydrogen-bond acceptors (Lipinski definition) is 6. The van der Waals surface area contributed by atoms with E-state index >= 15 is 0 Å². The molecule has 68 valence electrons. The van der Waals surface area contributed by atoms with Crippen molar-refractivity contribution < 1.29 is 24.2 Å². The molecule has 0 fully saturated rings. The number of Topliss-reactive ketones (excluding diaryl/α,β-unsaturated/α-hetero) is 1. The molecule has 0 spiro atoms. The molecule has 1 atom stereocenters. The summed E-state index contributed by atoms with van der Waals surface area (Å²) in [7, 11) is 0. The third-order valence-electron chi connectivity index (χ3n) is 0.859. The lowest BCUT2D eigenvalue weighted by Crippen LogP contribution is -2.30. The van der Waals surface area contributed by atoms with Crippen molar-refractivity contribution in [2.75, 3.05) is 0 Å². The fourth-order valence-electron chi connectivity index (χ4n) is 0.213. The Kier molecular flexibility index (Phi) is 3.92. The minimum Gasteiger partial charge on any atom is -0.319 e. The van der Waals surface area contributed by atoms with E-state index in [0.717, 1.165) is 6.92 Å². The molecule has 0 bridgehead atoms. The van der Waals surface area contributed by atoms with E-state index in [-0.39, 0.29) is 0 Å². The normalized spacial score (nSPS) is 11.6. The van der Waals surface area contributed by atoms with E-state index in [0.29, 0.717) is 0 Å². The topological polar surface area (TPSA) is 95.7 Å². The first kappa shape index (κ1) is 10.6. The molecular weight excluding hydrogens is 166 g/mol. The number of hydrogen-bond donors (Lipinski definition) is 1. The molecule has 0 amide bonds. The molecule has 0 aromatic carbocycles. The van der Waals surface area contributed by atoms with Crippen molar-refractivity contribution in [3.8, 4) is 0 Å². The monoisotopic (exact) mass is 175 g/mol. The molecule has 12 heavy (non-hydrogen) atoms. The summed E-state index contributed by atoms with van der Waals surface area (Å²) in [6.07, 6.45) is 0. The number of carbonyl (C=O) groups excluding carboxylic acids is 3. The Bertz CT molecular complexity index is 210. The van der Waals surface area contributed by atoms with Gasteiger partial charge in [0.05, 0.1) is 0 Å². The molecule has 0 aliphatic rings. The highest BCUT2D eigenvalue weighted by atomic mass is 17.2. The summed E-state index contributed by atoms with van der Waals surface area (Å²) in [5, 5.41) is 0. The number of rotatable bonds is 2. The first-order chi connectivity index (χ1) is 5.45. The quantitative estimate of drug-likeness (QED) is 0.326. The molecular formula is C6H9NO5. The van der Waals surface area contributed by atoms with Crippen LogP contribution in [-0.4, -0.2) is 23.8 Å². The highest BCUT2D eigenvalue weighted by Crippen LogP contribution is 1.87. The molecule has 0 radical (unpaired) electrons. The number of ketones is 1. The van der Waals surface area contributed by atoms with Crippen molar-refractivity contribution in [1.29, 1.82) is 0 Å². The lowest BCUT2D eigenvalue weighted by molar-refractivity contribution is -0.257. The van der Waals surface area contributed by atoms with Gasteiger partial charge in [0.1, 0.15) is 6.04 Å². The molecule has 0 saturated carbocycles. The average molecular weight is 175 g/mol. The highest BCUT2D eigenvalue weighted by Gasteiger charge is 2.16. The van der Waals surface area contributed by atoms with Gasteiger partial charge in [0.15, 0.2) is 0 Å². The minimum absolute atomic E-state index is 0.854. The lowest BCUT2D eigenvalue weighted by atomic mass is 10.4. The molecule has 0 saturated heterocycles. The molecule has 0 aromatic heterocycles. The Balaban J connectivity index is 3.77. The molecule has 0 rings (SSSR count). The predicted octanol–water partition coefficient (Wildman–Crippen LogP) is -1.08. The van der Waals surface area contributed by atoms with Gasteiger partial charge in [-0.2, -0.15) is 0 Å². The third kappa shape index (κ3) is 3.67. The first-order valence-corrected chi connectivity index (χ1v) is 3.14. The Hall–Kier alpha value is -1.43. The van der Waals surface area contributed by atoms with E-state index in [2.05, 4.69) is 9.78 Å². The van der Waals surface area contributed by atoms with Gasteiger partial charge in [0, 0.05) is 6.92 Å². The zero-order valence-corrected chi connectivity index (χ0v) is 6.70. The summed E-state index contributed by atoms with van der Waals surface area (Å²) in [6.45, 7) is 2.34. The zero-order chi connectivity index (χ0) is 9.72. The van der Waals surface area contributed by atoms with Gasteiger partial charge >= 0.3 is 11.9 Å². The van der Waals surface area contributed by atoms with Crippen LogP contribution in [0, 0.1) is 0 Å². The number of nitrogens with two attached hydrogens (primary N) is 1. The molecule has 2 N–H and O–H groups in total. The summed E-state index contributed by atoms with van der Waals surface area (Å²) in [5.41, 5.74) is 5.05. The van der Waals surface area contributed by atoms with Crippen molar-refractivity contribution in [1.82, 2.24) is 0 Å². The van der Waals surface area contributed by atoms with E-state index < -0.39 is 23.8 Å². The summed E-state index contributed by atoms with van der Waals surface area (Å²) < 4.78 is 0. The van der Waals surface area contributed by atoms with Crippen LogP contribution in [0.1, 0.15) is 13.8 Å². The summed E-state index contributed by atoms with van der Waals surface area (Å²) in [5.74, 6) is -3.00. The average Bonchev–Trinajstić information content (AvgIpc) is 1.98. The van der Waals surface area contributed by atoms with Gasteiger partial charge < -0.3 is 5.73 Å². The van der Waals surface area contributed by atoms with Gasteiger partial charge in [-0.3, -0.25) is 4.79 Å². The van der Waals surface area contributed by atoms with Crippen LogP contribution >= 0.6 is 0 Å². The Morgan fingerprint density at radius 1 is 1.25 bits per heavy atom. The van der Waals surface area contributed by atoms with Crippen LogP contribution in [0.5, 0.6) is 0 Å². The molecule has 6 nitrogen and oxygen atoms in total. The van der Waals surface area contributed by atoms with Crippen LogP contribution < -0.4 is 5.73 Å². The van der Waals surface area contributed by atoms with Gasteiger partial charge in [-0.1, -0.05) is 0 Å². The van der Waals surface area contributed by atoms with Crippen molar-refractivity contribution in [3.63, 3.8) is 0 Å². The van der Waals surface area contributed by atoms with Crippen molar-refractivity contribution >= 4 is 17.7 Å². The second-order valence-electron chi connectivity index (χ2n) is 2.12. The van der Waals surface area contributed by atoms with Gasteiger partial charge in [-0.15, -0.1) is 0 Å². The smallest absolute Gasteiger partial charge is 0.319 e. The molecule has 0 aliphatic heterocycles. The van der Waals surface area contributed by atoms with Gasteiger partial charge in [-0.05, 0) is 6.92 Å². The minimum atomic E-state index is -1.23. The second-order valence-corrected chi connectivity index (χ2v) is 2.12. The van der Waals surface area contributed by atoms with Crippen LogP contribution in [-0.2, 0) is 24.2 Å². The largest absolute Gasteiger partial charge is 0.421 e. The first-order valence-electron chi connectivity index (χ1n) is 3.14. The van der Waals surface area contributed by atoms with E-state index in [1.807, 2.05) is 0 Å². The van der Waals surface area contributed by atoms with Gasteiger partial charge in [0.2, 0.25) is 5.78 Å². The standard InChI is InChI=1S/C6H9NO5/c1-3(7)5(9)11-12-6(10)4(2)8/h3H,7H2,1-2H3/t3-/m0/s1. The van der Waals surface area contributed by atoms with Gasteiger partial charge in [-0.25, -0.2) is 19.4 Å². The Morgan fingerprint density at radius 2 is 1.75 bits per heavy atom. The highest BCUT2D eigenvalue weighted by molar-refractivity contribution is 6.32. The number of carbonyl (C=O) groups is 3. The second kappa shape index (κ2) is 4.45. The fraction of sp³-hybridized carbons (Fsp3) is 0.500. The van der Waals surface area contributed by atoms with Gasteiger partial charge in [0.25, 0.3) is 0 Å². The molecule has 0 heterocycles. The van der Waals surface area contributed by atoms with Crippen LogP contribution in [0.2, 0.25) is 0 Å². The van der Waals surface area contributed by atoms with E-state index in [4.69, 9.17) is 5.73 Å². The third-order valence-corrected chi connectivity index (χ3v) is 0.859. The van der Waals surface area contributed by atoms with E-state index in [1.54, 1.807) is 0 Å². The maximum absolute atomic E-state index is 10.5. The molecule has 6 heteroatoms. The van der Waals surface area contributed by atoms with E-state index in [1.165, 1.54) is 6.92 Å². The molecule has 0 aliphatic carbocycles. The summed E-state index contributed by atoms with van der Waals surface area (Å²) in [4.78, 5) is 38.8. The van der Waals surface area contributed by atoms with E-state index in [9.17, 15) is 14.4 Å². The lowest BCUT2D eigenvalue weighted by Gasteiger charge is -2.02.